The molecule has 0 aliphatic rings. The minimum Gasteiger partial charge on any atom is -0.322 e. The zero-order valence-corrected chi connectivity index (χ0v) is 11.7. The average molecular weight is 358 g/mol. The molecule has 17 heavy (non-hydrogen) atoms. The Kier molecular flexibility index (Phi) is 4.02. The van der Waals surface area contributed by atoms with Gasteiger partial charge in [-0.25, -0.2) is 0 Å². The summed E-state index contributed by atoms with van der Waals surface area (Å²) in [6.45, 7) is 0. The van der Waals surface area contributed by atoms with Crippen LogP contribution in [-0.4, -0.2) is 5.91 Å². The van der Waals surface area contributed by atoms with Crippen LogP contribution in [0, 0.1) is 3.57 Å². The van der Waals surface area contributed by atoms with Crippen molar-refractivity contribution in [2.45, 2.75) is 0 Å². The summed E-state index contributed by atoms with van der Waals surface area (Å²) >= 11 is 8.04. The number of hydrogen-bond acceptors (Lipinski definition) is 1. The van der Waals surface area contributed by atoms with Crippen LogP contribution in [0.1, 0.15) is 10.4 Å². The van der Waals surface area contributed by atoms with E-state index >= 15 is 0 Å². The van der Waals surface area contributed by atoms with Crippen LogP contribution in [0.5, 0.6) is 0 Å². The van der Waals surface area contributed by atoms with Crippen LogP contribution in [0.4, 0.5) is 5.69 Å². The van der Waals surface area contributed by atoms with Crippen LogP contribution in [0.15, 0.2) is 48.5 Å². The van der Waals surface area contributed by atoms with E-state index in [4.69, 9.17) is 11.6 Å². The molecule has 2 aromatic rings. The SMILES string of the molecule is O=C(Nc1cccc(I)c1)c1cccc(Cl)c1. The number of hydrogen-bond donors (Lipinski definition) is 1. The maximum absolute atomic E-state index is 11.9. The van der Waals surface area contributed by atoms with Crippen molar-refractivity contribution in [3.05, 3.63) is 62.7 Å². The lowest BCUT2D eigenvalue weighted by Crippen LogP contribution is -2.11. The summed E-state index contributed by atoms with van der Waals surface area (Å²) in [6.07, 6.45) is 0. The summed E-state index contributed by atoms with van der Waals surface area (Å²) in [5, 5.41) is 3.38. The number of amides is 1. The van der Waals surface area contributed by atoms with Gasteiger partial charge in [0.2, 0.25) is 0 Å². The fraction of sp³-hybridized carbons (Fsp3) is 0. The number of nitrogens with one attached hydrogen (secondary N) is 1. The van der Waals surface area contributed by atoms with Crippen LogP contribution in [-0.2, 0) is 0 Å². The summed E-state index contributed by atoms with van der Waals surface area (Å²) in [6, 6.07) is 14.5. The molecular weight excluding hydrogens is 349 g/mol. The molecule has 0 heterocycles. The molecule has 0 aliphatic carbocycles. The summed E-state index contributed by atoms with van der Waals surface area (Å²) in [5.74, 6) is -0.158. The summed E-state index contributed by atoms with van der Waals surface area (Å²) in [5.41, 5.74) is 1.33. The van der Waals surface area contributed by atoms with E-state index in [2.05, 4.69) is 27.9 Å². The maximum Gasteiger partial charge on any atom is 0.255 e. The second-order valence-corrected chi connectivity index (χ2v) is 5.16. The Morgan fingerprint density at radius 3 is 2.59 bits per heavy atom. The quantitative estimate of drug-likeness (QED) is 0.802. The van der Waals surface area contributed by atoms with E-state index < -0.39 is 0 Å². The van der Waals surface area contributed by atoms with Gasteiger partial charge < -0.3 is 5.32 Å². The molecule has 0 unspecified atom stereocenters. The molecule has 0 fully saturated rings. The lowest BCUT2D eigenvalue weighted by atomic mass is 10.2. The van der Waals surface area contributed by atoms with Gasteiger partial charge in [0.1, 0.15) is 0 Å². The first-order chi connectivity index (χ1) is 8.15. The normalized spacial score (nSPS) is 10.0. The van der Waals surface area contributed by atoms with E-state index in [-0.39, 0.29) is 5.91 Å². The first-order valence-corrected chi connectivity index (χ1v) is 6.43. The zero-order chi connectivity index (χ0) is 12.3. The van der Waals surface area contributed by atoms with E-state index in [1.807, 2.05) is 24.3 Å². The van der Waals surface area contributed by atoms with Crippen molar-refractivity contribution in [3.63, 3.8) is 0 Å². The predicted molar refractivity (Wildman–Crippen MR) is 78.6 cm³/mol. The molecule has 2 rings (SSSR count). The van der Waals surface area contributed by atoms with Crippen molar-refractivity contribution < 1.29 is 4.79 Å². The van der Waals surface area contributed by atoms with Crippen LogP contribution in [0.3, 0.4) is 0 Å². The lowest BCUT2D eigenvalue weighted by molar-refractivity contribution is 0.102. The zero-order valence-electron chi connectivity index (χ0n) is 8.78. The number of anilines is 1. The summed E-state index contributed by atoms with van der Waals surface area (Å²) in [7, 11) is 0. The lowest BCUT2D eigenvalue weighted by Gasteiger charge is -2.05. The van der Waals surface area contributed by atoms with Gasteiger partial charge in [-0.05, 0) is 59.0 Å². The molecule has 0 spiro atoms. The molecule has 1 N–H and O–H groups in total. The van der Waals surface area contributed by atoms with Crippen LogP contribution in [0.25, 0.3) is 0 Å². The molecule has 1 amide bonds. The molecule has 0 saturated carbocycles. The minimum atomic E-state index is -0.158. The number of rotatable bonds is 2. The second-order valence-electron chi connectivity index (χ2n) is 3.47. The van der Waals surface area contributed by atoms with Gasteiger partial charge in [-0.15, -0.1) is 0 Å². The Hall–Kier alpha value is -1.07. The van der Waals surface area contributed by atoms with Crippen molar-refractivity contribution in [3.8, 4) is 0 Å². The minimum absolute atomic E-state index is 0.158. The molecule has 0 atom stereocenters. The average Bonchev–Trinajstić information content (AvgIpc) is 2.29. The number of benzene rings is 2. The second kappa shape index (κ2) is 5.51. The molecular formula is C13H9ClINO. The highest BCUT2D eigenvalue weighted by Crippen LogP contribution is 2.15. The first-order valence-electron chi connectivity index (χ1n) is 4.97. The highest BCUT2D eigenvalue weighted by Gasteiger charge is 2.06. The highest BCUT2D eigenvalue weighted by molar-refractivity contribution is 14.1. The first kappa shape index (κ1) is 12.4. The Labute approximate surface area is 118 Å². The van der Waals surface area contributed by atoms with Gasteiger partial charge in [-0.3, -0.25) is 4.79 Å². The highest BCUT2D eigenvalue weighted by atomic mass is 127. The van der Waals surface area contributed by atoms with Crippen molar-refractivity contribution in [2.24, 2.45) is 0 Å². The Bertz CT molecular complexity index is 557. The molecule has 86 valence electrons. The van der Waals surface area contributed by atoms with Gasteiger partial charge in [0, 0.05) is 19.8 Å². The van der Waals surface area contributed by atoms with Crippen LogP contribution in [0.2, 0.25) is 5.02 Å². The summed E-state index contributed by atoms with van der Waals surface area (Å²) in [4.78, 5) is 11.9. The predicted octanol–water partition coefficient (Wildman–Crippen LogP) is 4.20. The molecule has 0 saturated heterocycles. The Balaban J connectivity index is 2.17. The Morgan fingerprint density at radius 2 is 1.88 bits per heavy atom. The van der Waals surface area contributed by atoms with Crippen molar-refractivity contribution >= 4 is 45.8 Å². The third-order valence-corrected chi connectivity index (χ3v) is 3.08. The van der Waals surface area contributed by atoms with E-state index in [1.54, 1.807) is 24.3 Å². The van der Waals surface area contributed by atoms with E-state index in [0.717, 1.165) is 9.26 Å². The van der Waals surface area contributed by atoms with Gasteiger partial charge in [-0.1, -0.05) is 23.7 Å². The van der Waals surface area contributed by atoms with E-state index in [9.17, 15) is 4.79 Å². The van der Waals surface area contributed by atoms with E-state index in [0.29, 0.717) is 10.6 Å². The van der Waals surface area contributed by atoms with Crippen LogP contribution < -0.4 is 5.32 Å². The number of halogens is 2. The van der Waals surface area contributed by atoms with Gasteiger partial charge in [0.25, 0.3) is 5.91 Å². The number of carbonyl (C=O) groups is 1. The maximum atomic E-state index is 11.9. The van der Waals surface area contributed by atoms with Gasteiger partial charge in [0.05, 0.1) is 0 Å². The Morgan fingerprint density at radius 1 is 1.12 bits per heavy atom. The van der Waals surface area contributed by atoms with Crippen molar-refractivity contribution in [2.75, 3.05) is 5.32 Å². The third-order valence-electron chi connectivity index (χ3n) is 2.17. The van der Waals surface area contributed by atoms with Gasteiger partial charge in [0.15, 0.2) is 0 Å². The third kappa shape index (κ3) is 3.44. The van der Waals surface area contributed by atoms with Crippen molar-refractivity contribution in [1.82, 2.24) is 0 Å². The van der Waals surface area contributed by atoms with E-state index in [1.165, 1.54) is 0 Å². The molecule has 0 aromatic heterocycles. The molecule has 2 aromatic carbocycles. The molecule has 4 heteroatoms. The number of carbonyl (C=O) groups excluding carboxylic acids is 1. The molecule has 0 bridgehead atoms. The van der Waals surface area contributed by atoms with Gasteiger partial charge >= 0.3 is 0 Å². The molecule has 0 radical (unpaired) electrons. The smallest absolute Gasteiger partial charge is 0.255 e. The fourth-order valence-corrected chi connectivity index (χ4v) is 2.13. The fourth-order valence-electron chi connectivity index (χ4n) is 1.40. The topological polar surface area (TPSA) is 29.1 Å². The van der Waals surface area contributed by atoms with Crippen molar-refractivity contribution in [1.29, 1.82) is 0 Å². The summed E-state index contributed by atoms with van der Waals surface area (Å²) < 4.78 is 1.08. The molecule has 0 aliphatic heterocycles. The largest absolute Gasteiger partial charge is 0.322 e. The van der Waals surface area contributed by atoms with Gasteiger partial charge in [-0.2, -0.15) is 0 Å². The van der Waals surface area contributed by atoms with Crippen LogP contribution >= 0.6 is 34.2 Å². The standard InChI is InChI=1S/C13H9ClINO/c14-10-4-1-3-9(7-10)13(17)16-12-6-2-5-11(15)8-12/h1-8H,(H,16,17). The molecule has 2 nitrogen and oxygen atoms in total. The monoisotopic (exact) mass is 357 g/mol.